The quantitative estimate of drug-likeness (QED) is 0.762. The van der Waals surface area contributed by atoms with Crippen molar-refractivity contribution in [1.29, 1.82) is 0 Å². The van der Waals surface area contributed by atoms with Crippen molar-refractivity contribution < 1.29 is 14.3 Å². The number of rotatable bonds is 5. The highest BCUT2D eigenvalue weighted by molar-refractivity contribution is 6.32. The van der Waals surface area contributed by atoms with Crippen LogP contribution >= 0.6 is 11.6 Å². The minimum Gasteiger partial charge on any atom is -0.490 e. The molecule has 1 saturated heterocycles. The highest BCUT2D eigenvalue weighted by atomic mass is 35.5. The number of hydrogen-bond donors (Lipinski definition) is 0. The molecule has 3 rings (SSSR count). The second-order valence-electron chi connectivity index (χ2n) is 5.93. The molecule has 1 aliphatic rings. The van der Waals surface area contributed by atoms with Gasteiger partial charge in [0.15, 0.2) is 0 Å². The molecule has 130 valence electrons. The van der Waals surface area contributed by atoms with E-state index in [1.54, 1.807) is 19.1 Å². The first-order valence-electron chi connectivity index (χ1n) is 8.07. The summed E-state index contributed by atoms with van der Waals surface area (Å²) in [5.74, 6) is 0.306. The van der Waals surface area contributed by atoms with Crippen molar-refractivity contribution in [2.75, 3.05) is 18.1 Å². The standard InChI is InChI=1S/C19H19ClN2O3/c1-13-7-9-15(10-8-13)22-14(2)18(23)21(19(22)24)11-12-25-17-6-4-3-5-16(17)20/h3-10,14H,11-12H2,1-2H3/t14-/m0/s1. The summed E-state index contributed by atoms with van der Waals surface area (Å²) in [6.45, 7) is 4.07. The van der Waals surface area contributed by atoms with Crippen LogP contribution in [0, 0.1) is 6.92 Å². The number of nitrogens with zero attached hydrogens (tertiary/aromatic N) is 2. The average Bonchev–Trinajstić information content (AvgIpc) is 2.81. The van der Waals surface area contributed by atoms with E-state index in [-0.39, 0.29) is 25.1 Å². The van der Waals surface area contributed by atoms with E-state index in [1.165, 1.54) is 9.80 Å². The van der Waals surface area contributed by atoms with E-state index in [2.05, 4.69) is 0 Å². The molecule has 6 heteroatoms. The molecule has 2 aromatic rings. The summed E-state index contributed by atoms with van der Waals surface area (Å²) in [5, 5.41) is 0.497. The Bertz CT molecular complexity index is 792. The van der Waals surface area contributed by atoms with E-state index in [0.29, 0.717) is 16.5 Å². The molecule has 0 radical (unpaired) electrons. The lowest BCUT2D eigenvalue weighted by atomic mass is 10.2. The van der Waals surface area contributed by atoms with Crippen molar-refractivity contribution in [3.8, 4) is 5.75 Å². The van der Waals surface area contributed by atoms with E-state index in [4.69, 9.17) is 16.3 Å². The van der Waals surface area contributed by atoms with E-state index >= 15 is 0 Å². The number of para-hydroxylation sites is 1. The number of urea groups is 1. The third-order valence-corrected chi connectivity index (χ3v) is 4.48. The van der Waals surface area contributed by atoms with Gasteiger partial charge in [0.1, 0.15) is 18.4 Å². The third-order valence-electron chi connectivity index (χ3n) is 4.17. The number of imide groups is 1. The molecule has 1 fully saturated rings. The number of carbonyl (C=O) groups is 2. The van der Waals surface area contributed by atoms with E-state index in [1.807, 2.05) is 43.3 Å². The van der Waals surface area contributed by atoms with Gasteiger partial charge in [0.25, 0.3) is 5.91 Å². The fourth-order valence-corrected chi connectivity index (χ4v) is 2.97. The van der Waals surface area contributed by atoms with Crippen molar-refractivity contribution in [3.05, 3.63) is 59.1 Å². The highest BCUT2D eigenvalue weighted by Gasteiger charge is 2.43. The summed E-state index contributed by atoms with van der Waals surface area (Å²) in [7, 11) is 0. The molecular weight excluding hydrogens is 340 g/mol. The molecule has 2 aromatic carbocycles. The van der Waals surface area contributed by atoms with Crippen molar-refractivity contribution in [1.82, 2.24) is 4.90 Å². The van der Waals surface area contributed by atoms with Crippen LogP contribution in [-0.2, 0) is 4.79 Å². The fourth-order valence-electron chi connectivity index (χ4n) is 2.78. The summed E-state index contributed by atoms with van der Waals surface area (Å²) < 4.78 is 5.59. The Hall–Kier alpha value is -2.53. The van der Waals surface area contributed by atoms with E-state index in [9.17, 15) is 9.59 Å². The first-order valence-corrected chi connectivity index (χ1v) is 8.45. The molecule has 1 aliphatic heterocycles. The minimum absolute atomic E-state index is 0.176. The molecule has 1 atom stereocenters. The topological polar surface area (TPSA) is 49.9 Å². The van der Waals surface area contributed by atoms with Crippen LogP contribution in [0.1, 0.15) is 12.5 Å². The van der Waals surface area contributed by atoms with Gasteiger partial charge in [-0.15, -0.1) is 0 Å². The zero-order valence-corrected chi connectivity index (χ0v) is 14.9. The van der Waals surface area contributed by atoms with Gasteiger partial charge < -0.3 is 4.74 Å². The summed E-state index contributed by atoms with van der Waals surface area (Å²) in [6, 6.07) is 13.8. The molecule has 0 aromatic heterocycles. The average molecular weight is 359 g/mol. The molecule has 1 heterocycles. The van der Waals surface area contributed by atoms with Crippen LogP contribution in [0.5, 0.6) is 5.75 Å². The Kier molecular flexibility index (Phi) is 4.95. The number of benzene rings is 2. The Morgan fingerprint density at radius 2 is 1.76 bits per heavy atom. The van der Waals surface area contributed by atoms with Gasteiger partial charge in [-0.3, -0.25) is 14.6 Å². The molecule has 0 spiro atoms. The summed E-state index contributed by atoms with van der Waals surface area (Å²) in [4.78, 5) is 27.9. The lowest BCUT2D eigenvalue weighted by molar-refractivity contribution is -0.127. The number of aryl methyl sites for hydroxylation is 1. The zero-order chi connectivity index (χ0) is 18.0. The summed E-state index contributed by atoms with van der Waals surface area (Å²) in [5.41, 5.74) is 1.81. The molecule has 0 unspecified atom stereocenters. The van der Waals surface area contributed by atoms with Crippen molar-refractivity contribution in [2.24, 2.45) is 0 Å². The molecule has 0 saturated carbocycles. The minimum atomic E-state index is -0.532. The van der Waals surface area contributed by atoms with Gasteiger partial charge in [0.05, 0.1) is 11.6 Å². The Morgan fingerprint density at radius 3 is 2.44 bits per heavy atom. The normalized spacial score (nSPS) is 17.3. The molecule has 0 aliphatic carbocycles. The number of hydrogen-bond acceptors (Lipinski definition) is 3. The van der Waals surface area contributed by atoms with Crippen LogP contribution in [0.2, 0.25) is 5.02 Å². The maximum Gasteiger partial charge on any atom is 0.332 e. The van der Waals surface area contributed by atoms with Gasteiger partial charge in [-0.05, 0) is 38.1 Å². The predicted molar refractivity (Wildman–Crippen MR) is 97.2 cm³/mol. The van der Waals surface area contributed by atoms with E-state index in [0.717, 1.165) is 5.56 Å². The number of halogens is 1. The summed E-state index contributed by atoms with van der Waals surface area (Å²) >= 11 is 6.04. The van der Waals surface area contributed by atoms with Crippen molar-refractivity contribution in [3.63, 3.8) is 0 Å². The van der Waals surface area contributed by atoms with Crippen molar-refractivity contribution >= 4 is 29.2 Å². The Morgan fingerprint density at radius 1 is 1.08 bits per heavy atom. The molecule has 25 heavy (non-hydrogen) atoms. The van der Waals surface area contributed by atoms with Crippen molar-refractivity contribution in [2.45, 2.75) is 19.9 Å². The third kappa shape index (κ3) is 3.46. The van der Waals surface area contributed by atoms with Gasteiger partial charge in [-0.25, -0.2) is 4.79 Å². The van der Waals surface area contributed by atoms with Crippen LogP contribution < -0.4 is 9.64 Å². The maximum absolute atomic E-state index is 12.7. The second-order valence-corrected chi connectivity index (χ2v) is 6.34. The smallest absolute Gasteiger partial charge is 0.332 e. The lowest BCUT2D eigenvalue weighted by Crippen LogP contribution is -2.36. The lowest BCUT2D eigenvalue weighted by Gasteiger charge is -2.19. The first-order chi connectivity index (χ1) is 12.0. The Labute approximate surface area is 151 Å². The van der Waals surface area contributed by atoms with Gasteiger partial charge >= 0.3 is 6.03 Å². The van der Waals surface area contributed by atoms with E-state index < -0.39 is 6.04 Å². The number of amides is 3. The highest BCUT2D eigenvalue weighted by Crippen LogP contribution is 2.26. The van der Waals surface area contributed by atoms with Gasteiger partial charge in [0.2, 0.25) is 0 Å². The maximum atomic E-state index is 12.7. The number of anilines is 1. The molecule has 0 bridgehead atoms. The molecule has 0 N–H and O–H groups in total. The monoisotopic (exact) mass is 358 g/mol. The summed E-state index contributed by atoms with van der Waals surface area (Å²) in [6.07, 6.45) is 0. The number of carbonyl (C=O) groups excluding carboxylic acids is 2. The van der Waals surface area contributed by atoms with Crippen LogP contribution in [0.15, 0.2) is 48.5 Å². The largest absolute Gasteiger partial charge is 0.490 e. The molecular formula is C19H19ClN2O3. The SMILES string of the molecule is Cc1ccc(N2C(=O)N(CCOc3ccccc3Cl)C(=O)[C@@H]2C)cc1. The first kappa shape index (κ1) is 17.3. The van der Waals surface area contributed by atoms with Gasteiger partial charge in [0, 0.05) is 5.69 Å². The molecule has 5 nitrogen and oxygen atoms in total. The fraction of sp³-hybridized carbons (Fsp3) is 0.263. The van der Waals surface area contributed by atoms with Crippen LogP contribution in [0.25, 0.3) is 0 Å². The number of ether oxygens (including phenoxy) is 1. The van der Waals surface area contributed by atoms with Crippen LogP contribution in [0.4, 0.5) is 10.5 Å². The zero-order valence-electron chi connectivity index (χ0n) is 14.1. The Balaban J connectivity index is 1.68. The second kappa shape index (κ2) is 7.15. The van der Waals surface area contributed by atoms with Crippen LogP contribution in [0.3, 0.4) is 0 Å². The van der Waals surface area contributed by atoms with Gasteiger partial charge in [-0.1, -0.05) is 41.4 Å². The molecule has 3 amide bonds. The van der Waals surface area contributed by atoms with Gasteiger partial charge in [-0.2, -0.15) is 0 Å². The predicted octanol–water partition coefficient (Wildman–Crippen LogP) is 3.88. The van der Waals surface area contributed by atoms with Crippen LogP contribution in [-0.4, -0.2) is 36.0 Å².